The minimum Gasteiger partial charge on any atom is -0.376 e. The van der Waals surface area contributed by atoms with Crippen molar-refractivity contribution in [2.75, 3.05) is 19.7 Å². The molecule has 4 nitrogen and oxygen atoms in total. The molecule has 1 fully saturated rings. The van der Waals surface area contributed by atoms with E-state index in [0.717, 1.165) is 25.9 Å². The van der Waals surface area contributed by atoms with Crippen LogP contribution in [0.15, 0.2) is 17.5 Å². The summed E-state index contributed by atoms with van der Waals surface area (Å²) in [7, 11) is 0. The summed E-state index contributed by atoms with van der Waals surface area (Å²) in [6.07, 6.45) is 3.06. The molecule has 2 heterocycles. The predicted octanol–water partition coefficient (Wildman–Crippen LogP) is 2.63. The lowest BCUT2D eigenvalue weighted by Gasteiger charge is -2.34. The molecule has 118 valence electrons. The molecule has 2 unspecified atom stereocenters. The number of carbonyl (C=O) groups is 1. The molecular formula is C16H26N2O2S. The highest BCUT2D eigenvalue weighted by atomic mass is 32.1. The molecule has 0 aromatic carbocycles. The van der Waals surface area contributed by atoms with E-state index in [1.54, 1.807) is 11.3 Å². The molecule has 2 N–H and O–H groups in total. The van der Waals surface area contributed by atoms with E-state index in [-0.39, 0.29) is 12.0 Å². The molecule has 5 heteroatoms. The van der Waals surface area contributed by atoms with E-state index in [1.807, 2.05) is 30.2 Å². The Hall–Kier alpha value is -0.910. The molecular weight excluding hydrogens is 284 g/mol. The Morgan fingerprint density at radius 1 is 1.62 bits per heavy atom. The lowest BCUT2D eigenvalue weighted by molar-refractivity contribution is -0.143. The van der Waals surface area contributed by atoms with Crippen LogP contribution in [0.1, 0.15) is 38.0 Å². The third-order valence-electron chi connectivity index (χ3n) is 4.41. The zero-order chi connectivity index (χ0) is 15.3. The van der Waals surface area contributed by atoms with Crippen LogP contribution in [0.3, 0.4) is 0 Å². The second-order valence-electron chi connectivity index (χ2n) is 6.02. The van der Waals surface area contributed by atoms with Crippen molar-refractivity contribution in [2.45, 2.75) is 45.8 Å². The molecule has 21 heavy (non-hydrogen) atoms. The van der Waals surface area contributed by atoms with Crippen LogP contribution in [-0.4, -0.2) is 36.6 Å². The maximum absolute atomic E-state index is 12.9. The van der Waals surface area contributed by atoms with Crippen LogP contribution >= 0.6 is 11.3 Å². The van der Waals surface area contributed by atoms with E-state index in [0.29, 0.717) is 19.6 Å². The molecule has 0 saturated carbocycles. The third-order valence-corrected chi connectivity index (χ3v) is 5.27. The maximum Gasteiger partial charge on any atom is 0.230 e. The second-order valence-corrected chi connectivity index (χ2v) is 7.05. The van der Waals surface area contributed by atoms with Gasteiger partial charge in [0.25, 0.3) is 0 Å². The first-order chi connectivity index (χ1) is 10.1. The van der Waals surface area contributed by atoms with Gasteiger partial charge >= 0.3 is 0 Å². The SMILES string of the molecule is CCC(C)(CN)C(=O)N(Cc1cccs1)CC1CCCO1. The topological polar surface area (TPSA) is 55.6 Å². The number of nitrogens with two attached hydrogens (primary N) is 1. The predicted molar refractivity (Wildman–Crippen MR) is 86.2 cm³/mol. The standard InChI is InChI=1S/C16H26N2O2S/c1-3-16(2,12-17)15(19)18(10-13-6-4-8-20-13)11-14-7-5-9-21-14/h5,7,9,13H,3-4,6,8,10-12,17H2,1-2H3. The lowest BCUT2D eigenvalue weighted by Crippen LogP contribution is -2.48. The van der Waals surface area contributed by atoms with Gasteiger partial charge < -0.3 is 15.4 Å². The van der Waals surface area contributed by atoms with Crippen LogP contribution in [0.25, 0.3) is 0 Å². The van der Waals surface area contributed by atoms with E-state index in [9.17, 15) is 4.79 Å². The minimum atomic E-state index is -0.476. The molecule has 0 aliphatic carbocycles. The fourth-order valence-corrected chi connectivity index (χ4v) is 3.33. The zero-order valence-electron chi connectivity index (χ0n) is 13.0. The fraction of sp³-hybridized carbons (Fsp3) is 0.688. The van der Waals surface area contributed by atoms with Gasteiger partial charge in [-0.15, -0.1) is 11.3 Å². The number of nitrogens with zero attached hydrogens (tertiary/aromatic N) is 1. The molecule has 1 aromatic heterocycles. The van der Waals surface area contributed by atoms with Gasteiger partial charge in [0.15, 0.2) is 0 Å². The Bertz CT molecular complexity index is 437. The van der Waals surface area contributed by atoms with Crippen LogP contribution in [0.5, 0.6) is 0 Å². The summed E-state index contributed by atoms with van der Waals surface area (Å²) in [5.74, 6) is 0.149. The first-order valence-corrected chi connectivity index (χ1v) is 8.60. The van der Waals surface area contributed by atoms with Gasteiger partial charge in [-0.2, -0.15) is 0 Å². The van der Waals surface area contributed by atoms with Gasteiger partial charge in [-0.25, -0.2) is 0 Å². The summed E-state index contributed by atoms with van der Waals surface area (Å²) < 4.78 is 5.71. The van der Waals surface area contributed by atoms with E-state index in [2.05, 4.69) is 6.07 Å². The van der Waals surface area contributed by atoms with Gasteiger partial charge in [0.2, 0.25) is 5.91 Å². The van der Waals surface area contributed by atoms with E-state index in [1.165, 1.54) is 4.88 Å². The van der Waals surface area contributed by atoms with Crippen molar-refractivity contribution >= 4 is 17.2 Å². The van der Waals surface area contributed by atoms with Gasteiger partial charge in [0.05, 0.1) is 18.1 Å². The Labute approximate surface area is 131 Å². The first kappa shape index (κ1) is 16.5. The summed E-state index contributed by atoms with van der Waals surface area (Å²) in [4.78, 5) is 16.1. The number of carbonyl (C=O) groups excluding carboxylic acids is 1. The van der Waals surface area contributed by atoms with Crippen molar-refractivity contribution in [3.8, 4) is 0 Å². The van der Waals surface area contributed by atoms with Crippen molar-refractivity contribution in [3.05, 3.63) is 22.4 Å². The van der Waals surface area contributed by atoms with Crippen molar-refractivity contribution in [1.82, 2.24) is 4.90 Å². The quantitative estimate of drug-likeness (QED) is 0.842. The molecule has 1 saturated heterocycles. The fourth-order valence-electron chi connectivity index (χ4n) is 2.61. The van der Waals surface area contributed by atoms with Crippen molar-refractivity contribution in [2.24, 2.45) is 11.1 Å². The number of ether oxygens (including phenoxy) is 1. The van der Waals surface area contributed by atoms with E-state index in [4.69, 9.17) is 10.5 Å². The van der Waals surface area contributed by atoms with Crippen molar-refractivity contribution in [1.29, 1.82) is 0 Å². The number of rotatable bonds is 7. The van der Waals surface area contributed by atoms with Crippen LogP contribution < -0.4 is 5.73 Å². The zero-order valence-corrected chi connectivity index (χ0v) is 13.8. The lowest BCUT2D eigenvalue weighted by atomic mass is 9.86. The average Bonchev–Trinajstić information content (AvgIpc) is 3.18. The first-order valence-electron chi connectivity index (χ1n) is 7.72. The molecule has 1 aliphatic rings. The smallest absolute Gasteiger partial charge is 0.230 e. The molecule has 1 amide bonds. The maximum atomic E-state index is 12.9. The van der Waals surface area contributed by atoms with Crippen LogP contribution in [-0.2, 0) is 16.1 Å². The highest BCUT2D eigenvalue weighted by Gasteiger charge is 2.35. The summed E-state index contributed by atoms with van der Waals surface area (Å²) in [6.45, 7) is 6.52. The average molecular weight is 310 g/mol. The number of hydrogen-bond donors (Lipinski definition) is 1. The van der Waals surface area contributed by atoms with Crippen LogP contribution in [0, 0.1) is 5.41 Å². The van der Waals surface area contributed by atoms with Gasteiger partial charge in [-0.1, -0.05) is 13.0 Å². The Morgan fingerprint density at radius 2 is 2.43 bits per heavy atom. The Balaban J connectivity index is 2.11. The molecule has 2 atom stereocenters. The largest absolute Gasteiger partial charge is 0.376 e. The Morgan fingerprint density at radius 3 is 2.95 bits per heavy atom. The van der Waals surface area contributed by atoms with Crippen LogP contribution in [0.2, 0.25) is 0 Å². The van der Waals surface area contributed by atoms with E-state index >= 15 is 0 Å². The second kappa shape index (κ2) is 7.38. The van der Waals surface area contributed by atoms with Gasteiger partial charge in [-0.3, -0.25) is 4.79 Å². The van der Waals surface area contributed by atoms with Crippen molar-refractivity contribution < 1.29 is 9.53 Å². The molecule has 0 spiro atoms. The van der Waals surface area contributed by atoms with Gasteiger partial charge in [-0.05, 0) is 37.6 Å². The van der Waals surface area contributed by atoms with Gasteiger partial charge in [0, 0.05) is 24.6 Å². The summed E-state index contributed by atoms with van der Waals surface area (Å²) >= 11 is 1.69. The minimum absolute atomic E-state index is 0.149. The van der Waals surface area contributed by atoms with E-state index < -0.39 is 5.41 Å². The Kier molecular flexibility index (Phi) is 5.79. The monoisotopic (exact) mass is 310 g/mol. The summed E-state index contributed by atoms with van der Waals surface area (Å²) in [6, 6.07) is 4.10. The molecule has 1 aliphatic heterocycles. The van der Waals surface area contributed by atoms with Crippen molar-refractivity contribution in [3.63, 3.8) is 0 Å². The molecule has 1 aromatic rings. The highest BCUT2D eigenvalue weighted by Crippen LogP contribution is 2.26. The number of amides is 1. The normalized spacial score (nSPS) is 21.2. The third kappa shape index (κ3) is 4.05. The van der Waals surface area contributed by atoms with Gasteiger partial charge in [0.1, 0.15) is 0 Å². The molecule has 0 radical (unpaired) electrons. The summed E-state index contributed by atoms with van der Waals surface area (Å²) in [5, 5.41) is 2.05. The molecule has 2 rings (SSSR count). The van der Waals surface area contributed by atoms with Crippen LogP contribution in [0.4, 0.5) is 0 Å². The number of hydrogen-bond acceptors (Lipinski definition) is 4. The highest BCUT2D eigenvalue weighted by molar-refractivity contribution is 7.09. The number of thiophene rings is 1. The summed E-state index contributed by atoms with van der Waals surface area (Å²) in [5.41, 5.74) is 5.39. The molecule has 0 bridgehead atoms.